The van der Waals surface area contributed by atoms with Crippen molar-refractivity contribution in [2.75, 3.05) is 25.9 Å². The number of nitriles is 1. The fourth-order valence-electron chi connectivity index (χ4n) is 2.61. The SMILES string of the molecule is CCCCNC(=NC)NCCCc1nn(-c2ccccc2)c(N)c1C#N. The molecular weight excluding hydrogens is 326 g/mol. The summed E-state index contributed by atoms with van der Waals surface area (Å²) in [6.45, 7) is 3.81. The van der Waals surface area contributed by atoms with Gasteiger partial charge >= 0.3 is 0 Å². The first kappa shape index (κ1) is 19.3. The highest BCUT2D eigenvalue weighted by Crippen LogP contribution is 2.21. The Morgan fingerprint density at radius 3 is 2.54 bits per heavy atom. The van der Waals surface area contributed by atoms with E-state index in [-0.39, 0.29) is 0 Å². The second kappa shape index (κ2) is 10.1. The zero-order valence-corrected chi connectivity index (χ0v) is 15.5. The second-order valence-corrected chi connectivity index (χ2v) is 5.95. The minimum Gasteiger partial charge on any atom is -0.382 e. The number of guanidine groups is 1. The van der Waals surface area contributed by atoms with E-state index in [4.69, 9.17) is 5.73 Å². The smallest absolute Gasteiger partial charge is 0.190 e. The number of hydrogen-bond acceptors (Lipinski definition) is 4. The molecule has 2 aromatic rings. The zero-order chi connectivity index (χ0) is 18.8. The van der Waals surface area contributed by atoms with Crippen LogP contribution in [0.4, 0.5) is 5.82 Å². The molecule has 26 heavy (non-hydrogen) atoms. The predicted octanol–water partition coefficient (Wildman–Crippen LogP) is 2.22. The van der Waals surface area contributed by atoms with Gasteiger partial charge in [-0.3, -0.25) is 4.99 Å². The molecule has 138 valence electrons. The Morgan fingerprint density at radius 1 is 1.23 bits per heavy atom. The maximum Gasteiger partial charge on any atom is 0.190 e. The van der Waals surface area contributed by atoms with Gasteiger partial charge in [-0.15, -0.1) is 0 Å². The van der Waals surface area contributed by atoms with Crippen LogP contribution in [0.1, 0.15) is 37.4 Å². The van der Waals surface area contributed by atoms with Crippen LogP contribution in [0.3, 0.4) is 0 Å². The molecule has 4 N–H and O–H groups in total. The zero-order valence-electron chi connectivity index (χ0n) is 15.5. The van der Waals surface area contributed by atoms with Crippen molar-refractivity contribution in [1.29, 1.82) is 5.26 Å². The number of nitrogens with zero attached hydrogens (tertiary/aromatic N) is 4. The van der Waals surface area contributed by atoms with Crippen LogP contribution < -0.4 is 16.4 Å². The van der Waals surface area contributed by atoms with Crippen molar-refractivity contribution < 1.29 is 0 Å². The van der Waals surface area contributed by atoms with Crippen LogP contribution >= 0.6 is 0 Å². The molecule has 0 radical (unpaired) electrons. The molecule has 1 aromatic heterocycles. The van der Waals surface area contributed by atoms with Gasteiger partial charge in [0.2, 0.25) is 0 Å². The van der Waals surface area contributed by atoms with Gasteiger partial charge in [-0.2, -0.15) is 10.4 Å². The average Bonchev–Trinajstić information content (AvgIpc) is 2.99. The van der Waals surface area contributed by atoms with Gasteiger partial charge in [0.05, 0.1) is 11.4 Å². The molecule has 2 rings (SSSR count). The van der Waals surface area contributed by atoms with E-state index in [1.807, 2.05) is 30.3 Å². The number of benzene rings is 1. The van der Waals surface area contributed by atoms with E-state index in [0.29, 0.717) is 17.8 Å². The molecule has 0 bridgehead atoms. The van der Waals surface area contributed by atoms with E-state index >= 15 is 0 Å². The topological polar surface area (TPSA) is 104 Å². The number of para-hydroxylation sites is 1. The maximum atomic E-state index is 9.43. The number of aromatic nitrogens is 2. The molecule has 7 heteroatoms. The number of aliphatic imine (C=N–C) groups is 1. The monoisotopic (exact) mass is 353 g/mol. The Bertz CT molecular complexity index is 756. The van der Waals surface area contributed by atoms with Crippen molar-refractivity contribution in [2.24, 2.45) is 4.99 Å². The standard InChI is InChI=1S/C19H27N7/c1-3-4-12-23-19(22-2)24-13-8-11-17-16(14-20)18(21)26(25-17)15-9-6-5-7-10-15/h5-7,9-10H,3-4,8,11-13,21H2,1-2H3,(H2,22,23,24). The van der Waals surface area contributed by atoms with Crippen molar-refractivity contribution in [2.45, 2.75) is 32.6 Å². The van der Waals surface area contributed by atoms with Gasteiger partial charge in [0.15, 0.2) is 5.96 Å². The molecule has 0 amide bonds. The van der Waals surface area contributed by atoms with Crippen LogP contribution in [0.15, 0.2) is 35.3 Å². The molecular formula is C19H27N7. The van der Waals surface area contributed by atoms with Crippen LogP contribution in [0.5, 0.6) is 0 Å². The third-order valence-electron chi connectivity index (χ3n) is 4.04. The molecule has 7 nitrogen and oxygen atoms in total. The molecule has 0 aliphatic carbocycles. The Kier molecular flexibility index (Phi) is 7.49. The lowest BCUT2D eigenvalue weighted by atomic mass is 10.1. The fourth-order valence-corrected chi connectivity index (χ4v) is 2.61. The summed E-state index contributed by atoms with van der Waals surface area (Å²) in [6, 6.07) is 11.8. The molecule has 0 fully saturated rings. The lowest BCUT2D eigenvalue weighted by Crippen LogP contribution is -2.38. The second-order valence-electron chi connectivity index (χ2n) is 5.95. The first-order chi connectivity index (χ1) is 12.7. The molecule has 0 saturated heterocycles. The third-order valence-corrected chi connectivity index (χ3v) is 4.04. The molecule has 0 unspecified atom stereocenters. The number of anilines is 1. The summed E-state index contributed by atoms with van der Waals surface area (Å²) in [5.74, 6) is 1.19. The van der Waals surface area contributed by atoms with Crippen LogP contribution in [0.2, 0.25) is 0 Å². The van der Waals surface area contributed by atoms with Crippen LogP contribution in [-0.4, -0.2) is 35.9 Å². The van der Waals surface area contributed by atoms with Crippen molar-refractivity contribution in [3.05, 3.63) is 41.6 Å². The summed E-state index contributed by atoms with van der Waals surface area (Å²) in [5.41, 5.74) is 8.16. The fraction of sp³-hybridized carbons (Fsp3) is 0.421. The third kappa shape index (κ3) is 4.99. The number of rotatable bonds is 8. The molecule has 0 aliphatic heterocycles. The maximum absolute atomic E-state index is 9.43. The highest BCUT2D eigenvalue weighted by molar-refractivity contribution is 5.79. The van der Waals surface area contributed by atoms with E-state index in [1.165, 1.54) is 0 Å². The number of nitrogens with one attached hydrogen (secondary N) is 2. The van der Waals surface area contributed by atoms with Crippen molar-refractivity contribution in [1.82, 2.24) is 20.4 Å². The summed E-state index contributed by atoms with van der Waals surface area (Å²) < 4.78 is 1.63. The molecule has 0 atom stereocenters. The molecule has 0 saturated carbocycles. The molecule has 0 aliphatic rings. The van der Waals surface area contributed by atoms with Crippen molar-refractivity contribution in [3.63, 3.8) is 0 Å². The minimum absolute atomic E-state index is 0.388. The van der Waals surface area contributed by atoms with Crippen LogP contribution in [-0.2, 0) is 6.42 Å². The first-order valence-electron chi connectivity index (χ1n) is 8.98. The predicted molar refractivity (Wildman–Crippen MR) is 105 cm³/mol. The molecule has 0 spiro atoms. The molecule has 1 aromatic carbocycles. The van der Waals surface area contributed by atoms with E-state index in [0.717, 1.165) is 49.7 Å². The number of unbranched alkanes of at least 4 members (excludes halogenated alkanes) is 1. The summed E-state index contributed by atoms with van der Waals surface area (Å²) in [6.07, 6.45) is 3.76. The van der Waals surface area contributed by atoms with E-state index in [9.17, 15) is 5.26 Å². The van der Waals surface area contributed by atoms with Crippen molar-refractivity contribution >= 4 is 11.8 Å². The lowest BCUT2D eigenvalue weighted by molar-refractivity contribution is 0.702. The van der Waals surface area contributed by atoms with Crippen LogP contribution in [0, 0.1) is 11.3 Å². The Morgan fingerprint density at radius 2 is 1.92 bits per heavy atom. The first-order valence-corrected chi connectivity index (χ1v) is 8.98. The van der Waals surface area contributed by atoms with Gasteiger partial charge in [-0.05, 0) is 31.4 Å². The number of aryl methyl sites for hydroxylation is 1. The highest BCUT2D eigenvalue weighted by Gasteiger charge is 2.16. The van der Waals surface area contributed by atoms with Gasteiger partial charge < -0.3 is 16.4 Å². The minimum atomic E-state index is 0.388. The molecule has 1 heterocycles. The van der Waals surface area contributed by atoms with Gasteiger partial charge in [0.1, 0.15) is 17.5 Å². The van der Waals surface area contributed by atoms with E-state index < -0.39 is 0 Å². The highest BCUT2D eigenvalue weighted by atomic mass is 15.3. The van der Waals surface area contributed by atoms with Gasteiger partial charge in [0.25, 0.3) is 0 Å². The summed E-state index contributed by atoms with van der Waals surface area (Å²) in [7, 11) is 1.76. The number of nitrogen functional groups attached to an aromatic ring is 1. The van der Waals surface area contributed by atoms with E-state index in [2.05, 4.69) is 33.7 Å². The summed E-state index contributed by atoms with van der Waals surface area (Å²) in [5, 5.41) is 20.5. The van der Waals surface area contributed by atoms with Crippen molar-refractivity contribution in [3.8, 4) is 11.8 Å². The van der Waals surface area contributed by atoms with Crippen LogP contribution in [0.25, 0.3) is 5.69 Å². The number of hydrogen-bond donors (Lipinski definition) is 3. The van der Waals surface area contributed by atoms with Gasteiger partial charge in [-0.1, -0.05) is 31.5 Å². The number of nitrogens with two attached hydrogens (primary N) is 1. The van der Waals surface area contributed by atoms with E-state index in [1.54, 1.807) is 11.7 Å². The normalized spacial score (nSPS) is 11.2. The summed E-state index contributed by atoms with van der Waals surface area (Å²) in [4.78, 5) is 4.20. The summed E-state index contributed by atoms with van der Waals surface area (Å²) >= 11 is 0. The van der Waals surface area contributed by atoms with Gasteiger partial charge in [0, 0.05) is 20.1 Å². The Hall–Kier alpha value is -3.01. The largest absolute Gasteiger partial charge is 0.382 e. The van der Waals surface area contributed by atoms with Gasteiger partial charge in [-0.25, -0.2) is 4.68 Å². The Labute approximate surface area is 154 Å². The Balaban J connectivity index is 1.95. The lowest BCUT2D eigenvalue weighted by Gasteiger charge is -2.11. The quantitative estimate of drug-likeness (QED) is 0.383. The average molecular weight is 353 g/mol.